The van der Waals surface area contributed by atoms with Gasteiger partial charge in [0.25, 0.3) is 5.91 Å². The van der Waals surface area contributed by atoms with Crippen LogP contribution in [-0.4, -0.2) is 30.2 Å². The highest BCUT2D eigenvalue weighted by atomic mass is 16.5. The van der Waals surface area contributed by atoms with Gasteiger partial charge in [0.2, 0.25) is 5.91 Å². The SMILES string of the molecule is CCCCCCC(=O)Nc1cccc(C(=O)NN=Cc2cc(OC)ccc2O)c1. The molecule has 29 heavy (non-hydrogen) atoms. The number of rotatable bonds is 10. The molecule has 2 amide bonds. The first-order chi connectivity index (χ1) is 14.0. The third-order valence-corrected chi connectivity index (χ3v) is 4.27. The quantitative estimate of drug-likeness (QED) is 0.320. The molecule has 0 heterocycles. The van der Waals surface area contributed by atoms with Gasteiger partial charge in [-0.25, -0.2) is 5.43 Å². The van der Waals surface area contributed by atoms with Crippen molar-refractivity contribution in [2.75, 3.05) is 12.4 Å². The van der Waals surface area contributed by atoms with Crippen molar-refractivity contribution in [1.29, 1.82) is 0 Å². The molecule has 7 heteroatoms. The van der Waals surface area contributed by atoms with E-state index in [1.54, 1.807) is 36.4 Å². The first-order valence-electron chi connectivity index (χ1n) is 9.63. The topological polar surface area (TPSA) is 100 Å². The number of unbranched alkanes of at least 4 members (excludes halogenated alkanes) is 3. The van der Waals surface area contributed by atoms with E-state index in [9.17, 15) is 14.7 Å². The van der Waals surface area contributed by atoms with E-state index in [-0.39, 0.29) is 11.7 Å². The summed E-state index contributed by atoms with van der Waals surface area (Å²) >= 11 is 0. The third kappa shape index (κ3) is 7.29. The third-order valence-electron chi connectivity index (χ3n) is 4.27. The summed E-state index contributed by atoms with van der Waals surface area (Å²) in [5, 5.41) is 16.5. The van der Waals surface area contributed by atoms with Crippen LogP contribution in [0, 0.1) is 0 Å². The first-order valence-corrected chi connectivity index (χ1v) is 9.63. The number of aromatic hydroxyl groups is 1. The van der Waals surface area contributed by atoms with Gasteiger partial charge in [-0.05, 0) is 42.8 Å². The van der Waals surface area contributed by atoms with E-state index in [0.29, 0.717) is 29.0 Å². The van der Waals surface area contributed by atoms with Gasteiger partial charge in [0.15, 0.2) is 0 Å². The molecule has 154 valence electrons. The van der Waals surface area contributed by atoms with Crippen LogP contribution in [0.3, 0.4) is 0 Å². The number of hydrazone groups is 1. The lowest BCUT2D eigenvalue weighted by molar-refractivity contribution is -0.116. The van der Waals surface area contributed by atoms with Crippen LogP contribution in [0.5, 0.6) is 11.5 Å². The number of carbonyl (C=O) groups excluding carboxylic acids is 2. The maximum Gasteiger partial charge on any atom is 0.271 e. The minimum atomic E-state index is -0.428. The summed E-state index contributed by atoms with van der Waals surface area (Å²) in [7, 11) is 1.52. The number of phenols is 1. The predicted octanol–water partition coefficient (Wildman–Crippen LogP) is 4.07. The van der Waals surface area contributed by atoms with E-state index in [4.69, 9.17) is 4.74 Å². The highest BCUT2D eigenvalue weighted by Crippen LogP contribution is 2.21. The van der Waals surface area contributed by atoms with Crippen LogP contribution < -0.4 is 15.5 Å². The monoisotopic (exact) mass is 397 g/mol. The molecule has 0 spiro atoms. The lowest BCUT2D eigenvalue weighted by Gasteiger charge is -2.07. The van der Waals surface area contributed by atoms with Crippen LogP contribution in [0.1, 0.15) is 54.9 Å². The van der Waals surface area contributed by atoms with Crippen molar-refractivity contribution in [3.05, 3.63) is 53.6 Å². The lowest BCUT2D eigenvalue weighted by Crippen LogP contribution is -2.18. The zero-order chi connectivity index (χ0) is 21.1. The highest BCUT2D eigenvalue weighted by Gasteiger charge is 2.08. The van der Waals surface area contributed by atoms with Gasteiger partial charge < -0.3 is 15.2 Å². The molecule has 2 aromatic rings. The Labute approximate surface area is 170 Å². The Morgan fingerprint density at radius 3 is 2.72 bits per heavy atom. The first kappa shape index (κ1) is 21.9. The fourth-order valence-corrected chi connectivity index (χ4v) is 2.66. The number of methoxy groups -OCH3 is 1. The maximum absolute atomic E-state index is 12.3. The maximum atomic E-state index is 12.3. The molecule has 0 aliphatic heterocycles. The van der Waals surface area contributed by atoms with Gasteiger partial charge in [-0.2, -0.15) is 5.10 Å². The number of nitrogens with one attached hydrogen (secondary N) is 2. The molecule has 0 unspecified atom stereocenters. The Balaban J connectivity index is 1.93. The second-order valence-corrected chi connectivity index (χ2v) is 6.56. The summed E-state index contributed by atoms with van der Waals surface area (Å²) in [6.07, 6.45) is 5.93. The molecule has 0 fully saturated rings. The lowest BCUT2D eigenvalue weighted by atomic mass is 10.1. The number of hydrogen-bond donors (Lipinski definition) is 3. The second-order valence-electron chi connectivity index (χ2n) is 6.56. The Morgan fingerprint density at radius 1 is 1.14 bits per heavy atom. The minimum absolute atomic E-state index is 0.0208. The van der Waals surface area contributed by atoms with Gasteiger partial charge in [-0.1, -0.05) is 32.3 Å². The van der Waals surface area contributed by atoms with Crippen LogP contribution >= 0.6 is 0 Å². The molecule has 0 saturated heterocycles. The molecule has 0 aliphatic rings. The van der Waals surface area contributed by atoms with Crippen LogP contribution in [-0.2, 0) is 4.79 Å². The molecule has 0 bridgehead atoms. The fourth-order valence-electron chi connectivity index (χ4n) is 2.66. The van der Waals surface area contributed by atoms with Crippen LogP contribution in [0.15, 0.2) is 47.6 Å². The normalized spacial score (nSPS) is 10.7. The van der Waals surface area contributed by atoms with Crippen LogP contribution in [0.25, 0.3) is 0 Å². The van der Waals surface area contributed by atoms with E-state index in [1.165, 1.54) is 19.4 Å². The van der Waals surface area contributed by atoms with Gasteiger partial charge >= 0.3 is 0 Å². The fraction of sp³-hybridized carbons (Fsp3) is 0.318. The Kier molecular flexibility index (Phi) is 8.69. The number of hydrogen-bond acceptors (Lipinski definition) is 5. The molecule has 3 N–H and O–H groups in total. The second kappa shape index (κ2) is 11.5. The smallest absolute Gasteiger partial charge is 0.271 e. The van der Waals surface area contributed by atoms with Crippen LogP contribution in [0.2, 0.25) is 0 Å². The molecule has 2 rings (SSSR count). The summed E-state index contributed by atoms with van der Waals surface area (Å²) in [4.78, 5) is 24.3. The van der Waals surface area contributed by atoms with E-state index < -0.39 is 5.91 Å². The van der Waals surface area contributed by atoms with E-state index in [0.717, 1.165) is 25.7 Å². The summed E-state index contributed by atoms with van der Waals surface area (Å²) in [6.45, 7) is 2.13. The Morgan fingerprint density at radius 2 is 1.97 bits per heavy atom. The van der Waals surface area contributed by atoms with Crippen molar-refractivity contribution >= 4 is 23.7 Å². The molecular weight excluding hydrogens is 370 g/mol. The molecule has 0 saturated carbocycles. The van der Waals surface area contributed by atoms with Crippen molar-refractivity contribution < 1.29 is 19.4 Å². The van der Waals surface area contributed by atoms with E-state index in [1.807, 2.05) is 0 Å². The van der Waals surface area contributed by atoms with Crippen molar-refractivity contribution in [2.24, 2.45) is 5.10 Å². The highest BCUT2D eigenvalue weighted by molar-refractivity contribution is 5.97. The van der Waals surface area contributed by atoms with Crippen molar-refractivity contribution in [3.8, 4) is 11.5 Å². The number of amides is 2. The molecule has 0 aromatic heterocycles. The summed E-state index contributed by atoms with van der Waals surface area (Å²) < 4.78 is 5.09. The molecule has 0 atom stereocenters. The number of anilines is 1. The van der Waals surface area contributed by atoms with Gasteiger partial charge in [0, 0.05) is 23.2 Å². The zero-order valence-corrected chi connectivity index (χ0v) is 16.8. The van der Waals surface area contributed by atoms with Crippen molar-refractivity contribution in [2.45, 2.75) is 39.0 Å². The van der Waals surface area contributed by atoms with Crippen LogP contribution in [0.4, 0.5) is 5.69 Å². The molecule has 0 aliphatic carbocycles. The van der Waals surface area contributed by atoms with Gasteiger partial charge in [0.1, 0.15) is 11.5 Å². The van der Waals surface area contributed by atoms with E-state index in [2.05, 4.69) is 22.8 Å². The number of benzene rings is 2. The number of carbonyl (C=O) groups is 2. The number of phenolic OH excluding ortho intramolecular Hbond substituents is 1. The van der Waals surface area contributed by atoms with Crippen molar-refractivity contribution in [1.82, 2.24) is 5.43 Å². The van der Waals surface area contributed by atoms with Gasteiger partial charge in [-0.3, -0.25) is 9.59 Å². The number of ether oxygens (including phenoxy) is 1. The van der Waals surface area contributed by atoms with Gasteiger partial charge in [0.05, 0.1) is 13.3 Å². The largest absolute Gasteiger partial charge is 0.507 e. The molecule has 0 radical (unpaired) electrons. The standard InChI is InChI=1S/C22H27N3O4/c1-3-4-5-6-10-21(27)24-18-9-7-8-16(13-18)22(28)25-23-15-17-14-19(29-2)11-12-20(17)26/h7-9,11-15,26H,3-6,10H2,1-2H3,(H,24,27)(H,25,28). The zero-order valence-electron chi connectivity index (χ0n) is 16.8. The summed E-state index contributed by atoms with van der Waals surface area (Å²) in [6, 6.07) is 11.4. The molecular formula is C22H27N3O4. The predicted molar refractivity (Wildman–Crippen MR) is 114 cm³/mol. The summed E-state index contributed by atoms with van der Waals surface area (Å²) in [5.41, 5.74) is 3.74. The average Bonchev–Trinajstić information content (AvgIpc) is 2.72. The molecule has 2 aromatic carbocycles. The Bertz CT molecular complexity index is 865. The summed E-state index contributed by atoms with van der Waals surface area (Å²) in [5.74, 6) is 0.0917. The number of nitrogens with zero attached hydrogens (tertiary/aromatic N) is 1. The Hall–Kier alpha value is -3.35. The van der Waals surface area contributed by atoms with Crippen molar-refractivity contribution in [3.63, 3.8) is 0 Å². The molecule has 7 nitrogen and oxygen atoms in total. The van der Waals surface area contributed by atoms with Gasteiger partial charge in [-0.15, -0.1) is 0 Å². The average molecular weight is 397 g/mol. The van der Waals surface area contributed by atoms with E-state index >= 15 is 0 Å². The minimum Gasteiger partial charge on any atom is -0.507 e.